The van der Waals surface area contributed by atoms with Gasteiger partial charge < -0.3 is 0 Å². The molecule has 3 N–H and O–H groups in total. The second-order valence-corrected chi connectivity index (χ2v) is 5.33. The third-order valence-corrected chi connectivity index (χ3v) is 3.78. The highest BCUT2D eigenvalue weighted by atomic mass is 15.2. The van der Waals surface area contributed by atoms with Crippen molar-refractivity contribution < 1.29 is 0 Å². The van der Waals surface area contributed by atoms with Crippen molar-refractivity contribution in [1.82, 2.24) is 10.4 Å². The zero-order valence-corrected chi connectivity index (χ0v) is 12.1. The van der Waals surface area contributed by atoms with Crippen LogP contribution in [0, 0.1) is 6.92 Å². The zero-order chi connectivity index (χ0) is 14.7. The van der Waals surface area contributed by atoms with Gasteiger partial charge in [-0.2, -0.15) is 0 Å². The third kappa shape index (κ3) is 2.94. The fraction of sp³-hybridized carbons (Fsp3) is 0.167. The molecule has 1 heterocycles. The minimum absolute atomic E-state index is 0.0692. The summed E-state index contributed by atoms with van der Waals surface area (Å²) in [5, 5.41) is 1.15. The molecule has 0 amide bonds. The van der Waals surface area contributed by atoms with Crippen molar-refractivity contribution in [3.05, 3.63) is 77.5 Å². The number of benzene rings is 2. The summed E-state index contributed by atoms with van der Waals surface area (Å²) >= 11 is 0. The van der Waals surface area contributed by atoms with Gasteiger partial charge in [-0.05, 0) is 36.6 Å². The Bertz CT molecular complexity index is 747. The molecule has 1 unspecified atom stereocenters. The number of fused-ring (bicyclic) bond motifs is 1. The Morgan fingerprint density at radius 2 is 1.95 bits per heavy atom. The van der Waals surface area contributed by atoms with E-state index >= 15 is 0 Å². The van der Waals surface area contributed by atoms with Crippen molar-refractivity contribution in [2.75, 3.05) is 0 Å². The smallest absolute Gasteiger partial charge is 0.0705 e. The number of nitrogens with zero attached hydrogens (tertiary/aromatic N) is 1. The number of hydrogen-bond donors (Lipinski definition) is 2. The Hall–Kier alpha value is -2.23. The summed E-state index contributed by atoms with van der Waals surface area (Å²) in [6.07, 6.45) is 2.70. The van der Waals surface area contributed by atoms with Crippen LogP contribution in [-0.4, -0.2) is 4.98 Å². The van der Waals surface area contributed by atoms with E-state index in [-0.39, 0.29) is 6.04 Å². The van der Waals surface area contributed by atoms with E-state index in [0.29, 0.717) is 0 Å². The summed E-state index contributed by atoms with van der Waals surface area (Å²) in [6, 6.07) is 18.8. The first kappa shape index (κ1) is 13.7. The topological polar surface area (TPSA) is 50.9 Å². The molecule has 0 spiro atoms. The first-order valence-electron chi connectivity index (χ1n) is 7.13. The minimum atomic E-state index is 0.0692. The molecule has 0 aliphatic heterocycles. The maximum Gasteiger partial charge on any atom is 0.0705 e. The summed E-state index contributed by atoms with van der Waals surface area (Å²) in [5.41, 5.74) is 7.68. The second-order valence-electron chi connectivity index (χ2n) is 5.33. The summed E-state index contributed by atoms with van der Waals surface area (Å²) < 4.78 is 0. The zero-order valence-electron chi connectivity index (χ0n) is 12.1. The molecule has 0 aliphatic rings. The van der Waals surface area contributed by atoms with Crippen LogP contribution in [0.5, 0.6) is 0 Å². The Morgan fingerprint density at radius 3 is 2.76 bits per heavy atom. The van der Waals surface area contributed by atoms with Crippen LogP contribution in [0.3, 0.4) is 0 Å². The molecule has 3 aromatic rings. The summed E-state index contributed by atoms with van der Waals surface area (Å²) in [6.45, 7) is 2.11. The highest BCUT2D eigenvalue weighted by molar-refractivity contribution is 5.82. The van der Waals surface area contributed by atoms with Gasteiger partial charge >= 0.3 is 0 Å². The molecule has 21 heavy (non-hydrogen) atoms. The van der Waals surface area contributed by atoms with Gasteiger partial charge in [-0.25, -0.2) is 0 Å². The lowest BCUT2D eigenvalue weighted by atomic mass is 9.96. The Labute approximate surface area is 124 Å². The number of aryl methyl sites for hydroxylation is 1. The molecule has 0 aliphatic carbocycles. The van der Waals surface area contributed by atoms with Crippen molar-refractivity contribution in [1.29, 1.82) is 0 Å². The molecule has 3 nitrogen and oxygen atoms in total. The van der Waals surface area contributed by atoms with E-state index in [9.17, 15) is 0 Å². The van der Waals surface area contributed by atoms with Gasteiger partial charge in [0.05, 0.1) is 11.6 Å². The Balaban J connectivity index is 1.98. The maximum atomic E-state index is 5.81. The van der Waals surface area contributed by atoms with Crippen molar-refractivity contribution >= 4 is 10.9 Å². The van der Waals surface area contributed by atoms with E-state index < -0.39 is 0 Å². The van der Waals surface area contributed by atoms with Crippen LogP contribution in [-0.2, 0) is 6.42 Å². The lowest BCUT2D eigenvalue weighted by molar-refractivity contribution is 0.555. The van der Waals surface area contributed by atoms with Crippen molar-refractivity contribution in [3.63, 3.8) is 0 Å². The lowest BCUT2D eigenvalue weighted by Crippen LogP contribution is -2.29. The standard InChI is InChI=1S/C18H19N3/c1-13-5-4-6-14(11-13)12-18(21-19)16-9-10-20-17-8-3-2-7-15(16)17/h2-11,18,21H,12,19H2,1H3. The molecule has 106 valence electrons. The quantitative estimate of drug-likeness (QED) is 0.568. The SMILES string of the molecule is Cc1cccc(CC(NN)c2ccnc3ccccc23)c1. The Kier molecular flexibility index (Phi) is 3.95. The van der Waals surface area contributed by atoms with Crippen LogP contribution in [0.4, 0.5) is 0 Å². The van der Waals surface area contributed by atoms with Gasteiger partial charge in [0.15, 0.2) is 0 Å². The number of nitrogens with one attached hydrogen (secondary N) is 1. The molecule has 2 aromatic carbocycles. The van der Waals surface area contributed by atoms with Gasteiger partial charge in [0.2, 0.25) is 0 Å². The summed E-state index contributed by atoms with van der Waals surface area (Å²) in [7, 11) is 0. The first-order valence-corrected chi connectivity index (χ1v) is 7.13. The van der Waals surface area contributed by atoms with E-state index in [0.717, 1.165) is 17.3 Å². The van der Waals surface area contributed by atoms with Crippen LogP contribution >= 0.6 is 0 Å². The fourth-order valence-corrected chi connectivity index (χ4v) is 2.76. The average molecular weight is 277 g/mol. The van der Waals surface area contributed by atoms with Gasteiger partial charge in [0, 0.05) is 11.6 Å². The first-order chi connectivity index (χ1) is 10.3. The van der Waals surface area contributed by atoms with Crippen LogP contribution in [0.1, 0.15) is 22.7 Å². The number of para-hydroxylation sites is 1. The molecular weight excluding hydrogens is 258 g/mol. The van der Waals surface area contributed by atoms with Gasteiger partial charge in [-0.1, -0.05) is 48.0 Å². The van der Waals surface area contributed by atoms with Gasteiger partial charge in [-0.15, -0.1) is 0 Å². The van der Waals surface area contributed by atoms with E-state index in [1.807, 2.05) is 30.5 Å². The van der Waals surface area contributed by atoms with E-state index in [2.05, 4.69) is 47.7 Å². The second kappa shape index (κ2) is 6.04. The number of hydrogen-bond acceptors (Lipinski definition) is 3. The normalized spacial score (nSPS) is 12.5. The van der Waals surface area contributed by atoms with Gasteiger partial charge in [0.1, 0.15) is 0 Å². The van der Waals surface area contributed by atoms with E-state index in [1.165, 1.54) is 16.7 Å². The predicted molar refractivity (Wildman–Crippen MR) is 86.7 cm³/mol. The molecule has 0 radical (unpaired) electrons. The molecule has 0 saturated heterocycles. The Morgan fingerprint density at radius 1 is 1.10 bits per heavy atom. The fourth-order valence-electron chi connectivity index (χ4n) is 2.76. The third-order valence-electron chi connectivity index (χ3n) is 3.78. The number of hydrazine groups is 1. The highest BCUT2D eigenvalue weighted by Gasteiger charge is 2.14. The molecule has 3 rings (SSSR count). The van der Waals surface area contributed by atoms with Crippen LogP contribution in [0.25, 0.3) is 10.9 Å². The number of nitrogens with two attached hydrogens (primary N) is 1. The average Bonchev–Trinajstić information content (AvgIpc) is 2.52. The highest BCUT2D eigenvalue weighted by Crippen LogP contribution is 2.25. The van der Waals surface area contributed by atoms with Gasteiger partial charge in [-0.3, -0.25) is 16.3 Å². The largest absolute Gasteiger partial charge is 0.271 e. The number of pyridine rings is 1. The maximum absolute atomic E-state index is 5.81. The van der Waals surface area contributed by atoms with Crippen LogP contribution < -0.4 is 11.3 Å². The van der Waals surface area contributed by atoms with Crippen LogP contribution in [0.15, 0.2) is 60.8 Å². The predicted octanol–water partition coefficient (Wildman–Crippen LogP) is 3.29. The monoisotopic (exact) mass is 277 g/mol. The van der Waals surface area contributed by atoms with Crippen LogP contribution in [0.2, 0.25) is 0 Å². The summed E-state index contributed by atoms with van der Waals surface area (Å²) in [4.78, 5) is 4.41. The van der Waals surface area contributed by atoms with E-state index in [4.69, 9.17) is 5.84 Å². The molecule has 0 bridgehead atoms. The molecule has 3 heteroatoms. The number of rotatable bonds is 4. The molecular formula is C18H19N3. The van der Waals surface area contributed by atoms with Gasteiger partial charge in [0.25, 0.3) is 0 Å². The lowest BCUT2D eigenvalue weighted by Gasteiger charge is -2.18. The summed E-state index contributed by atoms with van der Waals surface area (Å²) in [5.74, 6) is 5.81. The molecule has 1 atom stereocenters. The van der Waals surface area contributed by atoms with Crippen molar-refractivity contribution in [2.45, 2.75) is 19.4 Å². The molecule has 0 fully saturated rings. The van der Waals surface area contributed by atoms with Crippen molar-refractivity contribution in [2.24, 2.45) is 5.84 Å². The minimum Gasteiger partial charge on any atom is -0.271 e. The molecule has 0 saturated carbocycles. The number of aromatic nitrogens is 1. The van der Waals surface area contributed by atoms with E-state index in [1.54, 1.807) is 0 Å². The van der Waals surface area contributed by atoms with Crippen molar-refractivity contribution in [3.8, 4) is 0 Å². The molecule has 1 aromatic heterocycles.